The average molecular weight is 249 g/mol. The van der Waals surface area contributed by atoms with E-state index in [9.17, 15) is 0 Å². The third kappa shape index (κ3) is 3.98. The topological polar surface area (TPSA) is 42.2 Å². The van der Waals surface area contributed by atoms with E-state index in [1.54, 1.807) is 0 Å². The molecule has 0 saturated carbocycles. The van der Waals surface area contributed by atoms with Gasteiger partial charge in [-0.05, 0) is 44.4 Å². The molecule has 0 radical (unpaired) electrons. The Labute approximate surface area is 111 Å². The molecule has 0 aromatic carbocycles. The number of rotatable bonds is 8. The van der Waals surface area contributed by atoms with Crippen molar-refractivity contribution in [2.75, 3.05) is 18.0 Å². The zero-order valence-corrected chi connectivity index (χ0v) is 12.0. The lowest BCUT2D eigenvalue weighted by molar-refractivity contribution is 0.587. The molecule has 18 heavy (non-hydrogen) atoms. The van der Waals surface area contributed by atoms with Gasteiger partial charge in [-0.2, -0.15) is 0 Å². The molecule has 0 bridgehead atoms. The van der Waals surface area contributed by atoms with Crippen LogP contribution in [0.2, 0.25) is 0 Å². The van der Waals surface area contributed by atoms with Crippen molar-refractivity contribution in [2.45, 2.75) is 52.5 Å². The van der Waals surface area contributed by atoms with Gasteiger partial charge < -0.3 is 10.6 Å². The highest BCUT2D eigenvalue weighted by atomic mass is 15.2. The fourth-order valence-electron chi connectivity index (χ4n) is 2.12. The maximum Gasteiger partial charge on any atom is 0.131 e. The molecular formula is C15H27N3. The van der Waals surface area contributed by atoms with Gasteiger partial charge in [-0.1, -0.05) is 26.3 Å². The first-order chi connectivity index (χ1) is 8.74. The third-order valence-electron chi connectivity index (χ3n) is 3.43. The molecule has 1 heterocycles. The van der Waals surface area contributed by atoms with Crippen LogP contribution in [0.15, 0.2) is 18.3 Å². The highest BCUT2D eigenvalue weighted by Gasteiger charge is 2.16. The van der Waals surface area contributed by atoms with Crippen LogP contribution in [0, 0.1) is 0 Å². The van der Waals surface area contributed by atoms with E-state index >= 15 is 0 Å². The van der Waals surface area contributed by atoms with Gasteiger partial charge in [-0.3, -0.25) is 0 Å². The minimum absolute atomic E-state index is 0.531. The van der Waals surface area contributed by atoms with E-state index in [4.69, 9.17) is 5.73 Å². The molecule has 0 aliphatic rings. The first kappa shape index (κ1) is 15.0. The van der Waals surface area contributed by atoms with Gasteiger partial charge >= 0.3 is 0 Å². The Morgan fingerprint density at radius 2 is 2.17 bits per heavy atom. The van der Waals surface area contributed by atoms with Crippen molar-refractivity contribution in [3.05, 3.63) is 23.9 Å². The van der Waals surface area contributed by atoms with Crippen molar-refractivity contribution in [1.29, 1.82) is 0 Å². The van der Waals surface area contributed by atoms with E-state index in [-0.39, 0.29) is 0 Å². The lowest BCUT2D eigenvalue weighted by atomic mass is 10.1. The zero-order valence-electron chi connectivity index (χ0n) is 12.0. The number of anilines is 1. The molecule has 0 aliphatic heterocycles. The summed E-state index contributed by atoms with van der Waals surface area (Å²) in [5.41, 5.74) is 6.97. The fraction of sp³-hybridized carbons (Fsp3) is 0.667. The summed E-state index contributed by atoms with van der Waals surface area (Å²) < 4.78 is 0. The van der Waals surface area contributed by atoms with Crippen LogP contribution in [0.4, 0.5) is 5.82 Å². The molecule has 3 heteroatoms. The minimum atomic E-state index is 0.531. The molecule has 3 nitrogen and oxygen atoms in total. The summed E-state index contributed by atoms with van der Waals surface area (Å²) in [6.07, 6.45) is 6.36. The Kier molecular flexibility index (Phi) is 6.73. The Morgan fingerprint density at radius 3 is 2.78 bits per heavy atom. The molecule has 0 amide bonds. The largest absolute Gasteiger partial charge is 0.354 e. The van der Waals surface area contributed by atoms with E-state index in [2.05, 4.69) is 36.7 Å². The summed E-state index contributed by atoms with van der Waals surface area (Å²) in [5.74, 6) is 1.13. The number of aromatic nitrogens is 1. The first-order valence-electron chi connectivity index (χ1n) is 7.15. The lowest BCUT2D eigenvalue weighted by Crippen LogP contribution is -2.35. The molecule has 0 saturated heterocycles. The number of nitrogens with zero attached hydrogens (tertiary/aromatic N) is 2. The van der Waals surface area contributed by atoms with Crippen molar-refractivity contribution < 1.29 is 0 Å². The van der Waals surface area contributed by atoms with Crippen molar-refractivity contribution >= 4 is 5.82 Å². The summed E-state index contributed by atoms with van der Waals surface area (Å²) >= 11 is 0. The van der Waals surface area contributed by atoms with Crippen LogP contribution in [0.3, 0.4) is 0 Å². The van der Waals surface area contributed by atoms with Crippen molar-refractivity contribution in [2.24, 2.45) is 5.73 Å². The van der Waals surface area contributed by atoms with Gasteiger partial charge in [0.15, 0.2) is 0 Å². The van der Waals surface area contributed by atoms with Gasteiger partial charge in [0.25, 0.3) is 0 Å². The normalized spacial score (nSPS) is 12.4. The van der Waals surface area contributed by atoms with Crippen molar-refractivity contribution in [3.8, 4) is 0 Å². The van der Waals surface area contributed by atoms with Gasteiger partial charge in [-0.15, -0.1) is 0 Å². The molecule has 1 aromatic rings. The monoisotopic (exact) mass is 249 g/mol. The number of unbranched alkanes of at least 4 members (excludes halogenated alkanes) is 1. The maximum absolute atomic E-state index is 5.69. The van der Waals surface area contributed by atoms with Crippen LogP contribution in [0.1, 0.15) is 45.6 Å². The predicted octanol–water partition coefficient (Wildman–Crippen LogP) is 2.99. The molecule has 1 rings (SSSR count). The van der Waals surface area contributed by atoms with Gasteiger partial charge in [0.2, 0.25) is 0 Å². The lowest BCUT2D eigenvalue weighted by Gasteiger charge is -2.31. The van der Waals surface area contributed by atoms with Gasteiger partial charge in [-0.25, -0.2) is 4.98 Å². The Balaban J connectivity index is 2.95. The highest BCUT2D eigenvalue weighted by Crippen LogP contribution is 2.21. The molecule has 0 spiro atoms. The second-order valence-corrected chi connectivity index (χ2v) is 4.83. The van der Waals surface area contributed by atoms with E-state index in [0.29, 0.717) is 12.6 Å². The highest BCUT2D eigenvalue weighted by molar-refractivity contribution is 5.47. The molecule has 1 unspecified atom stereocenters. The SMILES string of the molecule is CCCCN(c1ncccc1CCN)C(C)CC. The van der Waals surface area contributed by atoms with E-state index in [1.807, 2.05) is 12.3 Å². The maximum atomic E-state index is 5.69. The smallest absolute Gasteiger partial charge is 0.131 e. The average Bonchev–Trinajstić information content (AvgIpc) is 2.40. The quantitative estimate of drug-likeness (QED) is 0.770. The van der Waals surface area contributed by atoms with Gasteiger partial charge in [0.1, 0.15) is 5.82 Å². The summed E-state index contributed by atoms with van der Waals surface area (Å²) in [6.45, 7) is 8.50. The molecular weight excluding hydrogens is 222 g/mol. The van der Waals surface area contributed by atoms with Crippen molar-refractivity contribution in [1.82, 2.24) is 4.98 Å². The number of hydrogen-bond donors (Lipinski definition) is 1. The second-order valence-electron chi connectivity index (χ2n) is 4.83. The molecule has 0 aliphatic carbocycles. The molecule has 1 aromatic heterocycles. The summed E-state index contributed by atoms with van der Waals surface area (Å²) in [7, 11) is 0. The number of pyridine rings is 1. The van der Waals surface area contributed by atoms with E-state index in [0.717, 1.165) is 25.2 Å². The minimum Gasteiger partial charge on any atom is -0.354 e. The Hall–Kier alpha value is -1.09. The summed E-state index contributed by atoms with van der Waals surface area (Å²) in [5, 5.41) is 0. The molecule has 1 atom stereocenters. The fourth-order valence-corrected chi connectivity index (χ4v) is 2.12. The Bertz CT molecular complexity index is 338. The molecule has 102 valence electrons. The standard InChI is InChI=1S/C15H27N3/c1-4-6-12-18(13(3)5-2)15-14(9-10-16)8-7-11-17-15/h7-8,11,13H,4-6,9-10,12,16H2,1-3H3. The molecule has 2 N–H and O–H groups in total. The number of hydrogen-bond acceptors (Lipinski definition) is 3. The predicted molar refractivity (Wildman–Crippen MR) is 79.0 cm³/mol. The molecule has 0 fully saturated rings. The van der Waals surface area contributed by atoms with Crippen LogP contribution < -0.4 is 10.6 Å². The van der Waals surface area contributed by atoms with Crippen LogP contribution in [-0.4, -0.2) is 24.1 Å². The van der Waals surface area contributed by atoms with Crippen LogP contribution in [0.5, 0.6) is 0 Å². The van der Waals surface area contributed by atoms with Crippen LogP contribution in [0.25, 0.3) is 0 Å². The van der Waals surface area contributed by atoms with Crippen LogP contribution in [-0.2, 0) is 6.42 Å². The number of nitrogens with two attached hydrogens (primary N) is 1. The Morgan fingerprint density at radius 1 is 1.39 bits per heavy atom. The second kappa shape index (κ2) is 8.09. The van der Waals surface area contributed by atoms with Crippen LogP contribution >= 0.6 is 0 Å². The van der Waals surface area contributed by atoms with E-state index in [1.165, 1.54) is 18.4 Å². The third-order valence-corrected chi connectivity index (χ3v) is 3.43. The van der Waals surface area contributed by atoms with Crippen molar-refractivity contribution in [3.63, 3.8) is 0 Å². The summed E-state index contributed by atoms with van der Waals surface area (Å²) in [4.78, 5) is 7.03. The summed E-state index contributed by atoms with van der Waals surface area (Å²) in [6, 6.07) is 4.68. The van der Waals surface area contributed by atoms with Gasteiger partial charge in [0, 0.05) is 18.8 Å². The first-order valence-corrected chi connectivity index (χ1v) is 7.15. The van der Waals surface area contributed by atoms with E-state index < -0.39 is 0 Å². The van der Waals surface area contributed by atoms with Gasteiger partial charge in [0.05, 0.1) is 0 Å². The zero-order chi connectivity index (χ0) is 13.4.